The van der Waals surface area contributed by atoms with E-state index in [9.17, 15) is 9.59 Å². The van der Waals surface area contributed by atoms with E-state index in [-0.39, 0.29) is 30.6 Å². The first kappa shape index (κ1) is 25.1. The number of fused-ring (bicyclic) bond motifs is 1. The van der Waals surface area contributed by atoms with Crippen LogP contribution in [0.4, 0.5) is 5.69 Å². The standard InChI is InChI=1S/C27H31N3O4/c1-18(14-25(32)33)13-24(31)26-22-15-21(28-3)16-29-27(22)30(4)23(26)12-8-9-19(2)34-17-20-10-6-5-7-11-20/h5-7,10-11,15-16,18-19H,8-9,12-14,17H2,1-2,4H3,(H,32,33). The Bertz CT molecular complexity index is 1190. The molecule has 0 saturated carbocycles. The van der Waals surface area contributed by atoms with Crippen molar-refractivity contribution in [3.8, 4) is 0 Å². The average Bonchev–Trinajstić information content (AvgIpc) is 3.08. The summed E-state index contributed by atoms with van der Waals surface area (Å²) in [6.07, 6.45) is 3.97. The third-order valence-electron chi connectivity index (χ3n) is 6.00. The van der Waals surface area contributed by atoms with Crippen LogP contribution in [0.15, 0.2) is 42.6 Å². The molecule has 2 unspecified atom stereocenters. The number of nitrogens with zero attached hydrogens (tertiary/aromatic N) is 3. The summed E-state index contributed by atoms with van der Waals surface area (Å²) in [5, 5.41) is 9.74. The second-order valence-corrected chi connectivity index (χ2v) is 8.89. The summed E-state index contributed by atoms with van der Waals surface area (Å²) >= 11 is 0. The van der Waals surface area contributed by atoms with Gasteiger partial charge in [-0.2, -0.15) is 0 Å². The van der Waals surface area contributed by atoms with Crippen molar-refractivity contribution < 1.29 is 19.4 Å². The highest BCUT2D eigenvalue weighted by Crippen LogP contribution is 2.31. The maximum absolute atomic E-state index is 13.3. The number of aryl methyl sites for hydroxylation is 1. The van der Waals surface area contributed by atoms with Gasteiger partial charge in [0.25, 0.3) is 0 Å². The SMILES string of the molecule is [C-]#[N+]c1cnc2c(c1)c(C(=O)CC(C)CC(=O)O)c(CCCC(C)OCc1ccccc1)n2C. The summed E-state index contributed by atoms with van der Waals surface area (Å²) in [5.41, 5.74) is 3.59. The lowest BCUT2D eigenvalue weighted by atomic mass is 9.94. The summed E-state index contributed by atoms with van der Waals surface area (Å²) in [6.45, 7) is 11.7. The van der Waals surface area contributed by atoms with E-state index in [0.29, 0.717) is 35.3 Å². The number of benzene rings is 1. The first-order valence-electron chi connectivity index (χ1n) is 11.6. The molecule has 0 radical (unpaired) electrons. The zero-order valence-electron chi connectivity index (χ0n) is 20.0. The highest BCUT2D eigenvalue weighted by molar-refractivity contribution is 6.09. The van der Waals surface area contributed by atoms with Crippen LogP contribution in [0.1, 0.15) is 61.1 Å². The molecule has 3 rings (SSSR count). The smallest absolute Gasteiger partial charge is 0.303 e. The van der Waals surface area contributed by atoms with Crippen molar-refractivity contribution in [2.24, 2.45) is 13.0 Å². The van der Waals surface area contributed by atoms with E-state index in [1.165, 1.54) is 6.20 Å². The highest BCUT2D eigenvalue weighted by Gasteiger charge is 2.24. The number of aliphatic carboxylic acids is 1. The van der Waals surface area contributed by atoms with E-state index in [1.54, 1.807) is 13.0 Å². The van der Waals surface area contributed by atoms with Gasteiger partial charge in [-0.05, 0) is 43.7 Å². The minimum absolute atomic E-state index is 0.0618. The second kappa shape index (κ2) is 11.6. The van der Waals surface area contributed by atoms with Gasteiger partial charge in [0.15, 0.2) is 5.78 Å². The molecule has 0 saturated heterocycles. The van der Waals surface area contributed by atoms with Gasteiger partial charge in [0.2, 0.25) is 5.69 Å². The fourth-order valence-corrected chi connectivity index (χ4v) is 4.26. The third-order valence-corrected chi connectivity index (χ3v) is 6.00. The molecule has 2 atom stereocenters. The van der Waals surface area contributed by atoms with E-state index in [0.717, 1.165) is 24.1 Å². The molecule has 0 amide bonds. The molecule has 0 spiro atoms. The molecule has 1 N–H and O–H groups in total. The van der Waals surface area contributed by atoms with Crippen LogP contribution in [0.5, 0.6) is 0 Å². The van der Waals surface area contributed by atoms with Gasteiger partial charge in [0, 0.05) is 42.7 Å². The topological polar surface area (TPSA) is 85.8 Å². The number of hydrogen-bond acceptors (Lipinski definition) is 4. The predicted molar refractivity (Wildman–Crippen MR) is 131 cm³/mol. The lowest BCUT2D eigenvalue weighted by molar-refractivity contribution is -0.137. The Morgan fingerprint density at radius 2 is 1.94 bits per heavy atom. The molecular weight excluding hydrogens is 430 g/mol. The Kier molecular flexibility index (Phi) is 8.55. The summed E-state index contributed by atoms with van der Waals surface area (Å²) in [6, 6.07) is 11.7. The van der Waals surface area contributed by atoms with Gasteiger partial charge < -0.3 is 14.4 Å². The van der Waals surface area contributed by atoms with Crippen molar-refractivity contribution in [1.82, 2.24) is 9.55 Å². The van der Waals surface area contributed by atoms with E-state index < -0.39 is 5.97 Å². The summed E-state index contributed by atoms with van der Waals surface area (Å²) in [5.74, 6) is -1.30. The van der Waals surface area contributed by atoms with Crippen LogP contribution in [0.3, 0.4) is 0 Å². The number of hydrogen-bond donors (Lipinski definition) is 1. The maximum Gasteiger partial charge on any atom is 0.303 e. The molecule has 0 aliphatic carbocycles. The van der Waals surface area contributed by atoms with Crippen molar-refractivity contribution in [3.05, 3.63) is 70.8 Å². The highest BCUT2D eigenvalue weighted by atomic mass is 16.5. The van der Waals surface area contributed by atoms with Crippen molar-refractivity contribution in [3.63, 3.8) is 0 Å². The largest absolute Gasteiger partial charge is 0.481 e. The van der Waals surface area contributed by atoms with Crippen LogP contribution >= 0.6 is 0 Å². The number of ketones is 1. The Morgan fingerprint density at radius 1 is 1.21 bits per heavy atom. The molecule has 0 aliphatic rings. The number of rotatable bonds is 12. The zero-order valence-corrected chi connectivity index (χ0v) is 20.0. The number of Topliss-reactive ketones (excluding diaryl/α,β-unsaturated/α-hetero) is 1. The van der Waals surface area contributed by atoms with Crippen molar-refractivity contribution in [2.45, 2.75) is 58.7 Å². The van der Waals surface area contributed by atoms with Crippen molar-refractivity contribution in [1.29, 1.82) is 0 Å². The number of aromatic nitrogens is 2. The van der Waals surface area contributed by atoms with Crippen molar-refractivity contribution in [2.75, 3.05) is 0 Å². The molecule has 2 heterocycles. The number of carbonyl (C=O) groups is 2. The molecule has 7 heteroatoms. The van der Waals surface area contributed by atoms with E-state index in [1.807, 2.05) is 48.9 Å². The third kappa shape index (κ3) is 6.30. The monoisotopic (exact) mass is 461 g/mol. The molecule has 0 fully saturated rings. The van der Waals surface area contributed by atoms with Crippen LogP contribution in [-0.2, 0) is 29.6 Å². The quantitative estimate of drug-likeness (QED) is 0.275. The van der Waals surface area contributed by atoms with E-state index in [2.05, 4.69) is 9.83 Å². The maximum atomic E-state index is 13.3. The lowest BCUT2D eigenvalue weighted by Gasteiger charge is -2.14. The predicted octanol–water partition coefficient (Wildman–Crippen LogP) is 5.74. The average molecular weight is 462 g/mol. The number of carbonyl (C=O) groups excluding carboxylic acids is 1. The first-order chi connectivity index (χ1) is 16.3. The number of ether oxygens (including phenoxy) is 1. The number of carboxylic acid groups (broad SMARTS) is 1. The van der Waals surface area contributed by atoms with Gasteiger partial charge in [-0.25, -0.2) is 9.83 Å². The van der Waals surface area contributed by atoms with Gasteiger partial charge in [0.05, 0.1) is 19.3 Å². The first-order valence-corrected chi connectivity index (χ1v) is 11.6. The second-order valence-electron chi connectivity index (χ2n) is 8.89. The van der Waals surface area contributed by atoms with E-state index >= 15 is 0 Å². The summed E-state index contributed by atoms with van der Waals surface area (Å²) < 4.78 is 7.90. The van der Waals surface area contributed by atoms with Gasteiger partial charge in [-0.15, -0.1) is 0 Å². The molecule has 0 bridgehead atoms. The normalized spacial score (nSPS) is 12.9. The molecule has 3 aromatic rings. The number of pyridine rings is 1. The molecule has 7 nitrogen and oxygen atoms in total. The van der Waals surface area contributed by atoms with Gasteiger partial charge in [-0.1, -0.05) is 37.3 Å². The lowest BCUT2D eigenvalue weighted by Crippen LogP contribution is -2.13. The van der Waals surface area contributed by atoms with Crippen LogP contribution in [0, 0.1) is 12.5 Å². The molecule has 0 aliphatic heterocycles. The summed E-state index contributed by atoms with van der Waals surface area (Å²) in [7, 11) is 1.88. The zero-order chi connectivity index (χ0) is 24.7. The molecular formula is C27H31N3O4. The minimum atomic E-state index is -0.917. The summed E-state index contributed by atoms with van der Waals surface area (Å²) in [4.78, 5) is 32.3. The van der Waals surface area contributed by atoms with Crippen LogP contribution in [0.2, 0.25) is 0 Å². The Balaban J connectivity index is 1.76. The van der Waals surface area contributed by atoms with Crippen LogP contribution < -0.4 is 0 Å². The van der Waals surface area contributed by atoms with Gasteiger partial charge in [0.1, 0.15) is 5.65 Å². The van der Waals surface area contributed by atoms with Crippen LogP contribution in [-0.4, -0.2) is 32.5 Å². The van der Waals surface area contributed by atoms with Crippen molar-refractivity contribution >= 4 is 28.5 Å². The molecule has 178 valence electrons. The Labute approximate surface area is 200 Å². The Hall–Kier alpha value is -3.50. The fraction of sp³-hybridized carbons (Fsp3) is 0.407. The number of carboxylic acids is 1. The van der Waals surface area contributed by atoms with E-state index in [4.69, 9.17) is 16.4 Å². The van der Waals surface area contributed by atoms with Crippen LogP contribution in [0.25, 0.3) is 15.9 Å². The van der Waals surface area contributed by atoms with Gasteiger partial charge >= 0.3 is 5.97 Å². The van der Waals surface area contributed by atoms with Gasteiger partial charge in [-0.3, -0.25) is 9.59 Å². The molecule has 2 aromatic heterocycles. The molecule has 34 heavy (non-hydrogen) atoms. The minimum Gasteiger partial charge on any atom is -0.481 e. The Morgan fingerprint density at radius 3 is 2.62 bits per heavy atom. The molecule has 1 aromatic carbocycles. The fourth-order valence-electron chi connectivity index (χ4n) is 4.26.